The van der Waals surface area contributed by atoms with E-state index >= 15 is 0 Å². The third-order valence-electron chi connectivity index (χ3n) is 4.70. The Morgan fingerprint density at radius 2 is 2.17 bits per heavy atom. The Morgan fingerprint density at radius 3 is 3.09 bits per heavy atom. The van der Waals surface area contributed by atoms with Crippen LogP contribution in [-0.4, -0.2) is 37.7 Å². The predicted molar refractivity (Wildman–Crippen MR) is 87.8 cm³/mol. The maximum absolute atomic E-state index is 5.82. The van der Waals surface area contributed by atoms with E-state index in [-0.39, 0.29) is 6.10 Å². The van der Waals surface area contributed by atoms with E-state index in [4.69, 9.17) is 13.9 Å². The minimum atomic E-state index is 0.0795. The van der Waals surface area contributed by atoms with Gasteiger partial charge in [-0.15, -0.1) is 0 Å². The van der Waals surface area contributed by atoms with Crippen LogP contribution < -0.4 is 4.74 Å². The zero-order valence-corrected chi connectivity index (χ0v) is 13.4. The van der Waals surface area contributed by atoms with E-state index in [0.717, 1.165) is 57.2 Å². The van der Waals surface area contributed by atoms with Crippen molar-refractivity contribution in [3.8, 4) is 5.75 Å². The molecule has 4 heteroatoms. The number of benzene rings is 1. The zero-order valence-electron chi connectivity index (χ0n) is 13.4. The summed E-state index contributed by atoms with van der Waals surface area (Å²) in [6.45, 7) is 4.65. The van der Waals surface area contributed by atoms with E-state index in [2.05, 4.69) is 23.1 Å². The van der Waals surface area contributed by atoms with E-state index in [9.17, 15) is 0 Å². The lowest BCUT2D eigenvalue weighted by atomic mass is 10.0. The number of furan rings is 1. The molecule has 122 valence electrons. The van der Waals surface area contributed by atoms with E-state index in [1.165, 1.54) is 17.5 Å². The predicted octanol–water partition coefficient (Wildman–Crippen LogP) is 3.22. The number of morpholine rings is 1. The van der Waals surface area contributed by atoms with Crippen LogP contribution in [0.2, 0.25) is 0 Å². The highest BCUT2D eigenvalue weighted by Crippen LogP contribution is 2.26. The first-order valence-corrected chi connectivity index (χ1v) is 8.50. The Kier molecular flexibility index (Phi) is 4.35. The standard InChI is InChI=1S/C19H23NO3/c1(3-15-5-6-17-16(13-15)7-11-22-17)8-20-9-12-23-19(14-20)18-4-2-10-21-18/h2,4-6,10,13,19H,1,3,7-9,11-12,14H2/t19-/m0/s1. The lowest BCUT2D eigenvalue weighted by Gasteiger charge is -2.31. The van der Waals surface area contributed by atoms with Crippen LogP contribution in [0.15, 0.2) is 41.0 Å². The van der Waals surface area contributed by atoms with Crippen molar-refractivity contribution in [2.45, 2.75) is 25.4 Å². The van der Waals surface area contributed by atoms with Crippen LogP contribution >= 0.6 is 0 Å². The van der Waals surface area contributed by atoms with Gasteiger partial charge in [0.05, 0.1) is 19.5 Å². The minimum absolute atomic E-state index is 0.0795. The fourth-order valence-corrected chi connectivity index (χ4v) is 3.45. The molecule has 0 spiro atoms. The Morgan fingerprint density at radius 1 is 1.17 bits per heavy atom. The molecule has 3 heterocycles. The maximum atomic E-state index is 5.82. The minimum Gasteiger partial charge on any atom is -0.493 e. The molecule has 0 unspecified atom stereocenters. The summed E-state index contributed by atoms with van der Waals surface area (Å²) in [6, 6.07) is 10.6. The van der Waals surface area contributed by atoms with Gasteiger partial charge in [-0.3, -0.25) is 4.90 Å². The van der Waals surface area contributed by atoms with E-state index in [1.54, 1.807) is 6.26 Å². The smallest absolute Gasteiger partial charge is 0.133 e. The molecule has 0 N–H and O–H groups in total. The summed E-state index contributed by atoms with van der Waals surface area (Å²) in [7, 11) is 0. The molecule has 0 amide bonds. The summed E-state index contributed by atoms with van der Waals surface area (Å²) in [5.74, 6) is 2.01. The van der Waals surface area contributed by atoms with Gasteiger partial charge >= 0.3 is 0 Å². The Hall–Kier alpha value is -1.78. The van der Waals surface area contributed by atoms with Crippen LogP contribution in [0.1, 0.15) is 29.4 Å². The zero-order chi connectivity index (χ0) is 15.5. The van der Waals surface area contributed by atoms with Gasteiger partial charge in [-0.2, -0.15) is 0 Å². The van der Waals surface area contributed by atoms with Crippen molar-refractivity contribution in [3.05, 3.63) is 53.5 Å². The first-order valence-electron chi connectivity index (χ1n) is 8.50. The van der Waals surface area contributed by atoms with Gasteiger partial charge in [0.15, 0.2) is 0 Å². The third kappa shape index (κ3) is 3.43. The number of hydrogen-bond acceptors (Lipinski definition) is 4. The highest BCUT2D eigenvalue weighted by atomic mass is 16.5. The SMILES string of the molecule is c1coc([C@@H]2CN(CCCc3ccc4c(c3)CCO4)CCO2)c1. The van der Waals surface area contributed by atoms with Crippen LogP contribution in [0.4, 0.5) is 0 Å². The number of ether oxygens (including phenoxy) is 2. The van der Waals surface area contributed by atoms with Crippen LogP contribution in [0.25, 0.3) is 0 Å². The number of hydrogen-bond donors (Lipinski definition) is 0. The van der Waals surface area contributed by atoms with Gasteiger partial charge < -0.3 is 13.9 Å². The normalized spacial score (nSPS) is 21.1. The van der Waals surface area contributed by atoms with Crippen LogP contribution in [0, 0.1) is 0 Å². The van der Waals surface area contributed by atoms with E-state index < -0.39 is 0 Å². The molecular weight excluding hydrogens is 290 g/mol. The van der Waals surface area contributed by atoms with Crippen LogP contribution in [0.5, 0.6) is 5.75 Å². The third-order valence-corrected chi connectivity index (χ3v) is 4.70. The van der Waals surface area contributed by atoms with E-state index in [1.807, 2.05) is 12.1 Å². The second kappa shape index (κ2) is 6.77. The number of aryl methyl sites for hydroxylation is 1. The first kappa shape index (κ1) is 14.8. The van der Waals surface area contributed by atoms with Crippen molar-refractivity contribution in [1.29, 1.82) is 0 Å². The molecule has 0 radical (unpaired) electrons. The number of fused-ring (bicyclic) bond motifs is 1. The van der Waals surface area contributed by atoms with Gasteiger partial charge in [-0.05, 0) is 48.7 Å². The van der Waals surface area contributed by atoms with Crippen molar-refractivity contribution in [1.82, 2.24) is 4.90 Å². The van der Waals surface area contributed by atoms with Crippen molar-refractivity contribution in [3.63, 3.8) is 0 Å². The molecule has 1 saturated heterocycles. The fraction of sp³-hybridized carbons (Fsp3) is 0.474. The van der Waals surface area contributed by atoms with Crippen molar-refractivity contribution < 1.29 is 13.9 Å². The molecule has 2 aliphatic rings. The van der Waals surface area contributed by atoms with Gasteiger partial charge in [-0.1, -0.05) is 12.1 Å². The summed E-state index contributed by atoms with van der Waals surface area (Å²) < 4.78 is 16.9. The number of rotatable bonds is 5. The van der Waals surface area contributed by atoms with Gasteiger partial charge in [-0.25, -0.2) is 0 Å². The average molecular weight is 313 g/mol. The van der Waals surface area contributed by atoms with Gasteiger partial charge in [0.25, 0.3) is 0 Å². The summed E-state index contributed by atoms with van der Waals surface area (Å²) in [4.78, 5) is 2.48. The molecule has 0 saturated carbocycles. The molecule has 4 rings (SSSR count). The molecule has 1 aromatic carbocycles. The van der Waals surface area contributed by atoms with E-state index in [0.29, 0.717) is 0 Å². The Labute approximate surface area is 137 Å². The molecule has 2 aromatic rings. The van der Waals surface area contributed by atoms with Crippen molar-refractivity contribution in [2.75, 3.05) is 32.8 Å². The molecular formula is C19H23NO3. The first-order chi connectivity index (χ1) is 11.4. The highest BCUT2D eigenvalue weighted by molar-refractivity contribution is 5.39. The monoisotopic (exact) mass is 313 g/mol. The molecule has 0 aliphatic carbocycles. The second-order valence-electron chi connectivity index (χ2n) is 6.32. The largest absolute Gasteiger partial charge is 0.493 e. The average Bonchev–Trinajstić information content (AvgIpc) is 3.26. The molecule has 4 nitrogen and oxygen atoms in total. The molecule has 1 atom stereocenters. The highest BCUT2D eigenvalue weighted by Gasteiger charge is 2.23. The number of nitrogens with zero attached hydrogens (tertiary/aromatic N) is 1. The van der Waals surface area contributed by atoms with Crippen molar-refractivity contribution >= 4 is 0 Å². The molecule has 0 bridgehead atoms. The maximum Gasteiger partial charge on any atom is 0.133 e. The summed E-state index contributed by atoms with van der Waals surface area (Å²) in [5, 5.41) is 0. The fourth-order valence-electron chi connectivity index (χ4n) is 3.45. The van der Waals surface area contributed by atoms with Crippen LogP contribution in [-0.2, 0) is 17.6 Å². The topological polar surface area (TPSA) is 34.8 Å². The van der Waals surface area contributed by atoms with Crippen LogP contribution in [0.3, 0.4) is 0 Å². The lowest BCUT2D eigenvalue weighted by molar-refractivity contribution is -0.0401. The molecule has 23 heavy (non-hydrogen) atoms. The second-order valence-corrected chi connectivity index (χ2v) is 6.32. The van der Waals surface area contributed by atoms with Gasteiger partial charge in [0.2, 0.25) is 0 Å². The summed E-state index contributed by atoms with van der Waals surface area (Å²) in [6.07, 6.45) is 5.14. The van der Waals surface area contributed by atoms with Crippen molar-refractivity contribution in [2.24, 2.45) is 0 Å². The molecule has 1 fully saturated rings. The quantitative estimate of drug-likeness (QED) is 0.849. The lowest BCUT2D eigenvalue weighted by Crippen LogP contribution is -2.38. The Bertz CT molecular complexity index is 638. The molecule has 1 aromatic heterocycles. The van der Waals surface area contributed by atoms with Gasteiger partial charge in [0.1, 0.15) is 17.6 Å². The summed E-state index contributed by atoms with van der Waals surface area (Å²) in [5.41, 5.74) is 2.79. The summed E-state index contributed by atoms with van der Waals surface area (Å²) >= 11 is 0. The van der Waals surface area contributed by atoms with Gasteiger partial charge in [0, 0.05) is 19.5 Å². The Balaban J connectivity index is 1.27. The molecule has 2 aliphatic heterocycles.